The molecule has 132 valence electrons. The van der Waals surface area contributed by atoms with Crippen LogP contribution in [0.2, 0.25) is 0 Å². The average Bonchev–Trinajstić information content (AvgIpc) is 3.08. The number of nitrogens with zero attached hydrogens (tertiary/aromatic N) is 3. The van der Waals surface area contributed by atoms with E-state index in [-0.39, 0.29) is 24.4 Å². The van der Waals surface area contributed by atoms with Gasteiger partial charge in [-0.3, -0.25) is 4.79 Å². The van der Waals surface area contributed by atoms with Gasteiger partial charge in [-0.25, -0.2) is 4.68 Å². The van der Waals surface area contributed by atoms with E-state index < -0.39 is 5.41 Å². The topological polar surface area (TPSA) is 85.8 Å². The summed E-state index contributed by atoms with van der Waals surface area (Å²) in [5.74, 6) is -0.0215. The van der Waals surface area contributed by atoms with Gasteiger partial charge in [0, 0.05) is 6.54 Å². The van der Waals surface area contributed by atoms with Crippen molar-refractivity contribution in [2.24, 2.45) is 11.1 Å². The molecule has 0 saturated carbocycles. The Hall–Kier alpha value is -1.92. The van der Waals surface area contributed by atoms with E-state index in [9.17, 15) is 4.79 Å². The zero-order chi connectivity index (χ0) is 16.9. The lowest BCUT2D eigenvalue weighted by atomic mass is 9.81. The summed E-state index contributed by atoms with van der Waals surface area (Å²) in [5, 5.41) is 11.3. The van der Waals surface area contributed by atoms with E-state index in [0.717, 1.165) is 24.2 Å². The van der Waals surface area contributed by atoms with Crippen LogP contribution in [0.3, 0.4) is 0 Å². The van der Waals surface area contributed by atoms with Crippen molar-refractivity contribution >= 4 is 18.3 Å². The molecule has 2 rings (SSSR count). The summed E-state index contributed by atoms with van der Waals surface area (Å²) < 4.78 is 1.70. The van der Waals surface area contributed by atoms with Gasteiger partial charge in [-0.05, 0) is 31.9 Å². The van der Waals surface area contributed by atoms with Gasteiger partial charge in [0.2, 0.25) is 5.91 Å². The van der Waals surface area contributed by atoms with Gasteiger partial charge < -0.3 is 11.1 Å². The fourth-order valence-corrected chi connectivity index (χ4v) is 2.56. The van der Waals surface area contributed by atoms with Gasteiger partial charge in [0.25, 0.3) is 0 Å². The van der Waals surface area contributed by atoms with E-state index in [1.807, 2.05) is 57.3 Å². The Labute approximate surface area is 149 Å². The summed E-state index contributed by atoms with van der Waals surface area (Å²) in [5.41, 5.74) is 6.98. The summed E-state index contributed by atoms with van der Waals surface area (Å²) in [7, 11) is 0. The minimum absolute atomic E-state index is 0. The van der Waals surface area contributed by atoms with Gasteiger partial charge in [-0.2, -0.15) is 0 Å². The molecule has 0 radical (unpaired) electrons. The zero-order valence-corrected chi connectivity index (χ0v) is 15.2. The number of rotatable bonds is 7. The number of halogens is 1. The molecule has 6 nitrogen and oxygen atoms in total. The van der Waals surface area contributed by atoms with Crippen molar-refractivity contribution in [1.82, 2.24) is 20.3 Å². The quantitative estimate of drug-likeness (QED) is 0.802. The van der Waals surface area contributed by atoms with Crippen molar-refractivity contribution < 1.29 is 4.79 Å². The molecule has 0 saturated heterocycles. The third kappa shape index (κ3) is 4.13. The molecular weight excluding hydrogens is 326 g/mol. The first-order valence-electron chi connectivity index (χ1n) is 8.05. The third-order valence-electron chi connectivity index (χ3n) is 4.55. The van der Waals surface area contributed by atoms with Crippen LogP contribution in [0.4, 0.5) is 0 Å². The number of aromatic nitrogens is 3. The van der Waals surface area contributed by atoms with Crippen molar-refractivity contribution in [3.8, 4) is 5.69 Å². The molecule has 7 heteroatoms. The van der Waals surface area contributed by atoms with Crippen LogP contribution in [-0.4, -0.2) is 27.4 Å². The number of nitrogens with one attached hydrogen (secondary N) is 1. The van der Waals surface area contributed by atoms with Crippen molar-refractivity contribution in [3.05, 3.63) is 42.2 Å². The van der Waals surface area contributed by atoms with Crippen LogP contribution < -0.4 is 11.1 Å². The van der Waals surface area contributed by atoms with Crippen LogP contribution in [0.15, 0.2) is 36.5 Å². The normalized spacial score (nSPS) is 12.3. The second-order valence-corrected chi connectivity index (χ2v) is 5.81. The van der Waals surface area contributed by atoms with Crippen molar-refractivity contribution in [2.75, 3.05) is 6.54 Å². The second kappa shape index (κ2) is 8.80. The smallest absolute Gasteiger partial charge is 0.227 e. The van der Waals surface area contributed by atoms with Crippen LogP contribution >= 0.6 is 12.4 Å². The van der Waals surface area contributed by atoms with Crippen LogP contribution in [0.1, 0.15) is 45.3 Å². The molecule has 1 atom stereocenters. The van der Waals surface area contributed by atoms with Crippen molar-refractivity contribution in [1.29, 1.82) is 0 Å². The predicted octanol–water partition coefficient (Wildman–Crippen LogP) is 2.63. The Balaban J connectivity index is 0.00000288. The SMILES string of the molecule is CCC(CC)(CN)C(=O)NC(C)c1cn(-c2ccccc2)nn1.Cl. The van der Waals surface area contributed by atoms with Gasteiger partial charge in [-0.15, -0.1) is 17.5 Å². The molecule has 1 aromatic carbocycles. The van der Waals surface area contributed by atoms with Crippen LogP contribution in [0, 0.1) is 5.41 Å². The van der Waals surface area contributed by atoms with E-state index in [4.69, 9.17) is 5.73 Å². The highest BCUT2D eigenvalue weighted by atomic mass is 35.5. The number of hydrogen-bond acceptors (Lipinski definition) is 4. The van der Waals surface area contributed by atoms with Gasteiger partial charge in [0.15, 0.2) is 0 Å². The number of para-hydroxylation sites is 1. The van der Waals surface area contributed by atoms with Gasteiger partial charge in [0.05, 0.1) is 23.3 Å². The molecule has 1 unspecified atom stereocenters. The first kappa shape index (κ1) is 20.1. The molecule has 0 spiro atoms. The Kier molecular flexibility index (Phi) is 7.38. The predicted molar refractivity (Wildman–Crippen MR) is 97.2 cm³/mol. The van der Waals surface area contributed by atoms with Crippen molar-refractivity contribution in [3.63, 3.8) is 0 Å². The molecule has 0 aliphatic carbocycles. The molecule has 1 heterocycles. The third-order valence-corrected chi connectivity index (χ3v) is 4.55. The highest BCUT2D eigenvalue weighted by Gasteiger charge is 2.34. The molecule has 3 N–H and O–H groups in total. The Morgan fingerprint density at radius 2 is 1.92 bits per heavy atom. The summed E-state index contributed by atoms with van der Waals surface area (Å²) in [6.45, 7) is 6.23. The lowest BCUT2D eigenvalue weighted by Crippen LogP contribution is -2.46. The Morgan fingerprint density at radius 1 is 1.29 bits per heavy atom. The van der Waals surface area contributed by atoms with E-state index in [1.165, 1.54) is 0 Å². The summed E-state index contributed by atoms with van der Waals surface area (Å²) >= 11 is 0. The minimum Gasteiger partial charge on any atom is -0.347 e. The molecule has 0 bridgehead atoms. The maximum absolute atomic E-state index is 12.6. The number of benzene rings is 1. The minimum atomic E-state index is -0.510. The standard InChI is InChI=1S/C17H25N5O.ClH/c1-4-17(5-2,12-18)16(23)19-13(3)15-11-22(21-20-15)14-9-7-6-8-10-14;/h6-11,13H,4-5,12,18H2,1-3H3,(H,19,23);1H. The Morgan fingerprint density at radius 3 is 2.46 bits per heavy atom. The number of nitrogens with two attached hydrogens (primary N) is 1. The van der Waals surface area contributed by atoms with E-state index in [0.29, 0.717) is 6.54 Å². The number of carbonyl (C=O) groups is 1. The monoisotopic (exact) mass is 351 g/mol. The molecule has 0 aliphatic heterocycles. The maximum Gasteiger partial charge on any atom is 0.227 e. The highest BCUT2D eigenvalue weighted by molar-refractivity contribution is 5.85. The molecule has 2 aromatic rings. The Bertz CT molecular complexity index is 631. The number of amides is 1. The van der Waals surface area contributed by atoms with Crippen LogP contribution in [0.25, 0.3) is 5.69 Å². The maximum atomic E-state index is 12.6. The molecular formula is C17H26ClN5O. The first-order chi connectivity index (χ1) is 11.1. The van der Waals surface area contributed by atoms with Gasteiger partial charge in [-0.1, -0.05) is 37.3 Å². The number of carbonyl (C=O) groups excluding carboxylic acids is 1. The van der Waals surface area contributed by atoms with Crippen LogP contribution in [-0.2, 0) is 4.79 Å². The summed E-state index contributed by atoms with van der Waals surface area (Å²) in [4.78, 5) is 12.6. The van der Waals surface area contributed by atoms with Crippen LogP contribution in [0.5, 0.6) is 0 Å². The molecule has 0 fully saturated rings. The molecule has 0 aliphatic rings. The molecule has 1 amide bonds. The van der Waals surface area contributed by atoms with Crippen molar-refractivity contribution in [2.45, 2.75) is 39.7 Å². The average molecular weight is 352 g/mol. The first-order valence-corrected chi connectivity index (χ1v) is 8.05. The van der Waals surface area contributed by atoms with Gasteiger partial charge >= 0.3 is 0 Å². The summed E-state index contributed by atoms with van der Waals surface area (Å²) in [6, 6.07) is 9.53. The zero-order valence-electron chi connectivity index (χ0n) is 14.4. The second-order valence-electron chi connectivity index (χ2n) is 5.81. The lowest BCUT2D eigenvalue weighted by molar-refractivity contribution is -0.131. The van der Waals surface area contributed by atoms with E-state index in [2.05, 4.69) is 15.6 Å². The number of hydrogen-bond donors (Lipinski definition) is 2. The molecule has 1 aromatic heterocycles. The van der Waals surface area contributed by atoms with Gasteiger partial charge in [0.1, 0.15) is 5.69 Å². The highest BCUT2D eigenvalue weighted by Crippen LogP contribution is 2.26. The molecule has 24 heavy (non-hydrogen) atoms. The van der Waals surface area contributed by atoms with E-state index in [1.54, 1.807) is 4.68 Å². The summed E-state index contributed by atoms with van der Waals surface area (Å²) in [6.07, 6.45) is 3.27. The fourth-order valence-electron chi connectivity index (χ4n) is 2.56. The fraction of sp³-hybridized carbons (Fsp3) is 0.471. The lowest BCUT2D eigenvalue weighted by Gasteiger charge is -2.29. The largest absolute Gasteiger partial charge is 0.347 e. The van der Waals surface area contributed by atoms with E-state index >= 15 is 0 Å².